The molecule has 2 bridgehead atoms. The van der Waals surface area contributed by atoms with Gasteiger partial charge in [0.25, 0.3) is 0 Å². The van der Waals surface area contributed by atoms with Gasteiger partial charge in [-0.3, -0.25) is 0 Å². The molecule has 0 spiro atoms. The normalized spacial score (nSPS) is 31.4. The van der Waals surface area contributed by atoms with Crippen LogP contribution >= 0.6 is 0 Å². The van der Waals surface area contributed by atoms with Crippen LogP contribution in [-0.4, -0.2) is 13.2 Å². The summed E-state index contributed by atoms with van der Waals surface area (Å²) in [7, 11) is -3.14. The second-order valence-corrected chi connectivity index (χ2v) is 8.38. The molecule has 0 aliphatic heterocycles. The Bertz CT molecular complexity index is 386. The van der Waals surface area contributed by atoms with Crippen molar-refractivity contribution < 1.29 is 8.42 Å². The van der Waals surface area contributed by atoms with Gasteiger partial charge in [-0.2, -0.15) is 5.57 Å². The van der Waals surface area contributed by atoms with Crippen molar-refractivity contribution in [1.29, 1.82) is 0 Å². The van der Waals surface area contributed by atoms with E-state index < -0.39 is 14.6 Å². The molecule has 2 aliphatic carbocycles. The van der Waals surface area contributed by atoms with Crippen molar-refractivity contribution in [3.63, 3.8) is 0 Å². The number of hydrogen-bond donors (Lipinski definition) is 0. The topological polar surface area (TPSA) is 34.1 Å². The fourth-order valence-corrected chi connectivity index (χ4v) is 4.55. The van der Waals surface area contributed by atoms with Crippen molar-refractivity contribution in [2.45, 2.75) is 44.8 Å². The number of sulfone groups is 1. The van der Waals surface area contributed by atoms with Crippen molar-refractivity contribution in [2.24, 2.45) is 11.8 Å². The molecular formula is C12H19O2S-. The minimum absolute atomic E-state index is 0.270. The van der Waals surface area contributed by atoms with E-state index in [2.05, 4.69) is 6.58 Å². The molecule has 3 heteroatoms. The van der Waals surface area contributed by atoms with E-state index in [1.807, 2.05) is 0 Å². The average molecular weight is 227 g/mol. The first-order chi connectivity index (χ1) is 6.75. The molecule has 0 aromatic rings. The number of rotatable bonds is 1. The van der Waals surface area contributed by atoms with E-state index >= 15 is 0 Å². The Balaban J connectivity index is 2.38. The highest BCUT2D eigenvalue weighted by Gasteiger charge is 2.45. The molecule has 2 saturated carbocycles. The predicted molar refractivity (Wildman–Crippen MR) is 61.9 cm³/mol. The van der Waals surface area contributed by atoms with Gasteiger partial charge < -0.3 is 0 Å². The Morgan fingerprint density at radius 1 is 1.33 bits per heavy atom. The highest BCUT2D eigenvalue weighted by atomic mass is 32.2. The van der Waals surface area contributed by atoms with Gasteiger partial charge in [0.1, 0.15) is 9.84 Å². The van der Waals surface area contributed by atoms with Crippen LogP contribution < -0.4 is 0 Å². The SMILES string of the molecule is C=C1[C-](S(=O)(=O)C(C)(C)C)C2CCC1C2. The van der Waals surface area contributed by atoms with Gasteiger partial charge in [0.15, 0.2) is 0 Å². The molecule has 2 nitrogen and oxygen atoms in total. The summed E-state index contributed by atoms with van der Waals surface area (Å²) < 4.78 is 24.0. The summed E-state index contributed by atoms with van der Waals surface area (Å²) >= 11 is 0. The predicted octanol–water partition coefficient (Wildman–Crippen LogP) is 2.72. The molecule has 0 heterocycles. The zero-order valence-corrected chi connectivity index (χ0v) is 10.5. The molecule has 0 N–H and O–H groups in total. The molecule has 0 aromatic heterocycles. The first kappa shape index (κ1) is 11.1. The van der Waals surface area contributed by atoms with Crippen LogP contribution in [0.1, 0.15) is 40.0 Å². The van der Waals surface area contributed by atoms with Crippen molar-refractivity contribution in [1.82, 2.24) is 0 Å². The van der Waals surface area contributed by atoms with Crippen LogP contribution in [0.2, 0.25) is 0 Å². The van der Waals surface area contributed by atoms with Crippen LogP contribution in [0.25, 0.3) is 0 Å². The molecule has 2 rings (SSSR count). The summed E-state index contributed by atoms with van der Waals surface area (Å²) in [4.78, 5) is 0. The lowest BCUT2D eigenvalue weighted by Gasteiger charge is -2.38. The van der Waals surface area contributed by atoms with Gasteiger partial charge in [0.05, 0.1) is 4.75 Å². The zero-order valence-electron chi connectivity index (χ0n) is 9.71. The first-order valence-electron chi connectivity index (χ1n) is 5.56. The summed E-state index contributed by atoms with van der Waals surface area (Å²) in [5.41, 5.74) is 0.904. The third-order valence-corrected chi connectivity index (χ3v) is 6.50. The molecule has 2 aliphatic rings. The lowest BCUT2D eigenvalue weighted by atomic mass is 9.96. The summed E-state index contributed by atoms with van der Waals surface area (Å²) in [5.74, 6) is 0.717. The molecule has 0 saturated heterocycles. The van der Waals surface area contributed by atoms with Gasteiger partial charge in [-0.05, 0) is 26.7 Å². The van der Waals surface area contributed by atoms with E-state index in [1.54, 1.807) is 20.8 Å². The van der Waals surface area contributed by atoms with Gasteiger partial charge in [-0.25, -0.2) is 15.0 Å². The number of fused-ring (bicyclic) bond motifs is 2. The van der Waals surface area contributed by atoms with Crippen LogP contribution in [0.5, 0.6) is 0 Å². The van der Waals surface area contributed by atoms with Crippen LogP contribution in [-0.2, 0) is 9.84 Å². The van der Waals surface area contributed by atoms with Crippen LogP contribution in [0, 0.1) is 17.1 Å². The minimum Gasteiger partial charge on any atom is -0.242 e. The maximum Gasteiger partial charge on any atom is 0.113 e. The largest absolute Gasteiger partial charge is 0.242 e. The summed E-state index contributed by atoms with van der Waals surface area (Å²) in [5, 5.41) is 0.672. The van der Waals surface area contributed by atoms with E-state index in [-0.39, 0.29) is 5.92 Å². The molecule has 2 atom stereocenters. The van der Waals surface area contributed by atoms with Crippen LogP contribution in [0.4, 0.5) is 0 Å². The molecule has 0 aromatic carbocycles. The van der Waals surface area contributed by atoms with Gasteiger partial charge >= 0.3 is 0 Å². The maximum absolute atomic E-state index is 12.4. The molecule has 2 fully saturated rings. The van der Waals surface area contributed by atoms with Gasteiger partial charge in [-0.1, -0.05) is 30.4 Å². The standard InChI is InChI=1S/C12H19O2S/c1-8-9-5-6-10(7-9)11(8)15(13,14)12(2,3)4/h9-10H,1,5-7H2,2-4H3/q-1. The third kappa shape index (κ3) is 1.43. The monoisotopic (exact) mass is 227 g/mol. The Kier molecular flexibility index (Phi) is 2.24. The fraction of sp³-hybridized carbons (Fsp3) is 0.750. The second-order valence-electron chi connectivity index (χ2n) is 5.71. The van der Waals surface area contributed by atoms with Crippen LogP contribution in [0.3, 0.4) is 0 Å². The Hall–Kier alpha value is -0.440. The van der Waals surface area contributed by atoms with Crippen molar-refractivity contribution in [3.8, 4) is 0 Å². The smallest absolute Gasteiger partial charge is 0.113 e. The quantitative estimate of drug-likeness (QED) is 0.645. The molecule has 86 valence electrons. The van der Waals surface area contributed by atoms with E-state index in [0.717, 1.165) is 24.8 Å². The Morgan fingerprint density at radius 2 is 1.93 bits per heavy atom. The second kappa shape index (κ2) is 3.03. The highest BCUT2D eigenvalue weighted by molar-refractivity contribution is 7.95. The highest BCUT2D eigenvalue weighted by Crippen LogP contribution is 2.56. The minimum atomic E-state index is -3.14. The fourth-order valence-electron chi connectivity index (χ4n) is 2.72. The van der Waals surface area contributed by atoms with E-state index in [9.17, 15) is 8.42 Å². The molecule has 15 heavy (non-hydrogen) atoms. The van der Waals surface area contributed by atoms with Gasteiger partial charge in [0, 0.05) is 0 Å². The summed E-state index contributed by atoms with van der Waals surface area (Å²) in [6.45, 7) is 9.30. The Labute approximate surface area is 92.7 Å². The molecule has 2 unspecified atom stereocenters. The lowest BCUT2D eigenvalue weighted by molar-refractivity contribution is 0.539. The van der Waals surface area contributed by atoms with E-state index in [4.69, 9.17) is 0 Å². The van der Waals surface area contributed by atoms with E-state index in [0.29, 0.717) is 11.2 Å². The zero-order chi connectivity index (χ0) is 11.4. The lowest BCUT2D eigenvalue weighted by Crippen LogP contribution is -2.35. The maximum atomic E-state index is 12.4. The molecule has 0 radical (unpaired) electrons. The first-order valence-corrected chi connectivity index (χ1v) is 7.04. The van der Waals surface area contributed by atoms with Crippen molar-refractivity contribution >= 4 is 9.84 Å². The summed E-state index contributed by atoms with van der Waals surface area (Å²) in [6.07, 6.45) is 3.18. The van der Waals surface area contributed by atoms with Crippen LogP contribution in [0.15, 0.2) is 12.2 Å². The van der Waals surface area contributed by atoms with Crippen molar-refractivity contribution in [3.05, 3.63) is 17.4 Å². The molecular weight excluding hydrogens is 208 g/mol. The van der Waals surface area contributed by atoms with Gasteiger partial charge in [0.2, 0.25) is 0 Å². The van der Waals surface area contributed by atoms with Crippen molar-refractivity contribution in [2.75, 3.05) is 0 Å². The third-order valence-electron chi connectivity index (χ3n) is 3.71. The van der Waals surface area contributed by atoms with E-state index in [1.165, 1.54) is 0 Å². The average Bonchev–Trinajstić information content (AvgIpc) is 2.60. The Morgan fingerprint density at radius 3 is 2.33 bits per heavy atom. The molecule has 0 amide bonds. The number of hydrogen-bond acceptors (Lipinski definition) is 2. The summed E-state index contributed by atoms with van der Waals surface area (Å²) in [6, 6.07) is 0. The van der Waals surface area contributed by atoms with Gasteiger partial charge in [-0.15, -0.1) is 0 Å².